The average molecular weight is 328 g/mol. The molecule has 0 saturated heterocycles. The Kier molecular flexibility index (Phi) is 4.17. The van der Waals surface area contributed by atoms with Gasteiger partial charge in [-0.2, -0.15) is 10.1 Å². The first-order valence-corrected chi connectivity index (χ1v) is 8.57. The number of rotatable bonds is 3. The summed E-state index contributed by atoms with van der Waals surface area (Å²) in [5, 5.41) is 4.12. The fraction of sp³-hybridized carbons (Fsp3) is 0.353. The fourth-order valence-corrected chi connectivity index (χ4v) is 4.00. The molecule has 0 spiro atoms. The van der Waals surface area contributed by atoms with Gasteiger partial charge in [-0.25, -0.2) is 0 Å². The van der Waals surface area contributed by atoms with E-state index >= 15 is 0 Å². The van der Waals surface area contributed by atoms with Crippen LogP contribution in [0.2, 0.25) is 0 Å². The zero-order valence-corrected chi connectivity index (χ0v) is 14.6. The van der Waals surface area contributed by atoms with Crippen LogP contribution in [0.3, 0.4) is 0 Å². The van der Waals surface area contributed by atoms with E-state index < -0.39 is 0 Å². The summed E-state index contributed by atoms with van der Waals surface area (Å²) < 4.78 is 4.88. The molecule has 6 heteroatoms. The monoisotopic (exact) mass is 328 g/mol. The van der Waals surface area contributed by atoms with Crippen molar-refractivity contribution in [2.75, 3.05) is 0 Å². The number of para-hydroxylation sites is 1. The minimum absolute atomic E-state index is 0.241. The van der Waals surface area contributed by atoms with Crippen molar-refractivity contribution in [1.82, 2.24) is 14.3 Å². The normalized spacial score (nSPS) is 12.3. The molecule has 0 atom stereocenters. The predicted octanol–water partition coefficient (Wildman–Crippen LogP) is 3.07. The smallest absolute Gasteiger partial charge is 0.298 e. The molecule has 5 nitrogen and oxygen atoms in total. The summed E-state index contributed by atoms with van der Waals surface area (Å²) in [6.45, 7) is 6.89. The summed E-state index contributed by atoms with van der Waals surface area (Å²) >= 11 is 1.56. The van der Waals surface area contributed by atoms with Crippen molar-refractivity contribution >= 4 is 27.5 Å². The molecule has 3 rings (SSSR count). The van der Waals surface area contributed by atoms with E-state index in [0.717, 1.165) is 23.3 Å². The summed E-state index contributed by atoms with van der Waals surface area (Å²) in [6.07, 6.45) is 2.65. The maximum Gasteiger partial charge on any atom is 0.298 e. The number of hydrogen-bond donors (Lipinski definition) is 0. The number of fused-ring (bicyclic) bond motifs is 1. The van der Waals surface area contributed by atoms with Crippen LogP contribution < -0.4 is 4.80 Å². The molecule has 0 aliphatic rings. The number of carbonyl (C=O) groups is 1. The molecule has 2 heterocycles. The SMILES string of the molecule is CCc1cccc2sc(=NC(=O)c3c(C)cnn3C)n(CC)c12. The largest absolute Gasteiger partial charge is 0.316 e. The van der Waals surface area contributed by atoms with E-state index in [-0.39, 0.29) is 5.91 Å². The second-order valence-corrected chi connectivity index (χ2v) is 6.47. The minimum Gasteiger partial charge on any atom is -0.316 e. The number of aryl methyl sites for hydroxylation is 4. The van der Waals surface area contributed by atoms with Gasteiger partial charge in [-0.3, -0.25) is 9.48 Å². The molecule has 0 N–H and O–H groups in total. The summed E-state index contributed by atoms with van der Waals surface area (Å²) in [5.74, 6) is -0.241. The first kappa shape index (κ1) is 15.7. The Morgan fingerprint density at radius 1 is 1.35 bits per heavy atom. The molecule has 0 saturated carbocycles. The van der Waals surface area contributed by atoms with Crippen LogP contribution in [0.15, 0.2) is 29.4 Å². The first-order valence-electron chi connectivity index (χ1n) is 7.75. The molecule has 0 radical (unpaired) electrons. The Morgan fingerprint density at radius 3 is 2.74 bits per heavy atom. The molecule has 3 aromatic rings. The predicted molar refractivity (Wildman–Crippen MR) is 92.7 cm³/mol. The summed E-state index contributed by atoms with van der Waals surface area (Å²) in [4.78, 5) is 17.7. The number of benzene rings is 1. The lowest BCUT2D eigenvalue weighted by molar-refractivity contribution is 0.0988. The van der Waals surface area contributed by atoms with Crippen molar-refractivity contribution < 1.29 is 4.79 Å². The molecule has 0 aliphatic carbocycles. The van der Waals surface area contributed by atoms with Crippen molar-refractivity contribution in [1.29, 1.82) is 0 Å². The highest BCUT2D eigenvalue weighted by Gasteiger charge is 2.15. The Balaban J connectivity index is 2.22. The molecule has 1 amide bonds. The van der Waals surface area contributed by atoms with Gasteiger partial charge >= 0.3 is 0 Å². The van der Waals surface area contributed by atoms with Gasteiger partial charge in [0.1, 0.15) is 5.69 Å². The van der Waals surface area contributed by atoms with E-state index in [4.69, 9.17) is 0 Å². The second kappa shape index (κ2) is 6.12. The fourth-order valence-electron chi connectivity index (χ4n) is 2.86. The second-order valence-electron chi connectivity index (χ2n) is 5.46. The standard InChI is InChI=1S/C17H20N4OS/c1-5-12-8-7-9-13-15(12)21(6-2)17(23-13)19-16(22)14-11(3)10-18-20(14)4/h7-10H,5-6H2,1-4H3. The number of aromatic nitrogens is 3. The van der Waals surface area contributed by atoms with Gasteiger partial charge in [0.15, 0.2) is 4.80 Å². The van der Waals surface area contributed by atoms with Gasteiger partial charge in [-0.1, -0.05) is 30.4 Å². The molecule has 0 aliphatic heterocycles. The van der Waals surface area contributed by atoms with E-state index in [9.17, 15) is 4.79 Å². The Morgan fingerprint density at radius 2 is 2.13 bits per heavy atom. The lowest BCUT2D eigenvalue weighted by Crippen LogP contribution is -2.18. The highest BCUT2D eigenvalue weighted by molar-refractivity contribution is 7.16. The number of thiazole rings is 1. The van der Waals surface area contributed by atoms with Crippen LogP contribution in [0.5, 0.6) is 0 Å². The highest BCUT2D eigenvalue weighted by Crippen LogP contribution is 2.22. The summed E-state index contributed by atoms with van der Waals surface area (Å²) in [6, 6.07) is 6.29. The quantitative estimate of drug-likeness (QED) is 0.742. The van der Waals surface area contributed by atoms with Crippen LogP contribution >= 0.6 is 11.3 Å². The molecule has 120 valence electrons. The molecular weight excluding hydrogens is 308 g/mol. The summed E-state index contributed by atoms with van der Waals surface area (Å²) in [7, 11) is 1.77. The maximum absolute atomic E-state index is 12.6. The van der Waals surface area contributed by atoms with E-state index in [2.05, 4.69) is 46.7 Å². The lowest BCUT2D eigenvalue weighted by Gasteiger charge is -2.05. The van der Waals surface area contributed by atoms with Gasteiger partial charge in [0.2, 0.25) is 0 Å². The van der Waals surface area contributed by atoms with Gasteiger partial charge in [0, 0.05) is 19.2 Å². The molecule has 0 bridgehead atoms. The Labute approximate surface area is 138 Å². The minimum atomic E-state index is -0.241. The zero-order valence-electron chi connectivity index (χ0n) is 13.8. The number of carbonyl (C=O) groups excluding carboxylic acids is 1. The van der Waals surface area contributed by atoms with Crippen molar-refractivity contribution in [2.45, 2.75) is 33.7 Å². The van der Waals surface area contributed by atoms with Gasteiger partial charge in [-0.15, -0.1) is 0 Å². The van der Waals surface area contributed by atoms with Crippen molar-refractivity contribution in [2.24, 2.45) is 12.0 Å². The van der Waals surface area contributed by atoms with Gasteiger partial charge in [0.25, 0.3) is 5.91 Å². The van der Waals surface area contributed by atoms with Crippen molar-refractivity contribution in [3.63, 3.8) is 0 Å². The third kappa shape index (κ3) is 2.63. The van der Waals surface area contributed by atoms with Crippen LogP contribution in [-0.2, 0) is 20.0 Å². The molecule has 0 unspecified atom stereocenters. The third-order valence-electron chi connectivity index (χ3n) is 4.00. The average Bonchev–Trinajstić information content (AvgIpc) is 3.06. The summed E-state index contributed by atoms with van der Waals surface area (Å²) in [5.41, 5.74) is 3.86. The molecule has 23 heavy (non-hydrogen) atoms. The molecule has 0 fully saturated rings. The van der Waals surface area contributed by atoms with E-state index in [0.29, 0.717) is 5.69 Å². The Hall–Kier alpha value is -2.21. The highest BCUT2D eigenvalue weighted by atomic mass is 32.1. The van der Waals surface area contributed by atoms with Gasteiger partial charge in [-0.05, 0) is 31.9 Å². The van der Waals surface area contributed by atoms with E-state index in [1.54, 1.807) is 29.3 Å². The van der Waals surface area contributed by atoms with Gasteiger partial charge in [0.05, 0.1) is 16.4 Å². The van der Waals surface area contributed by atoms with E-state index in [1.807, 2.05) is 6.92 Å². The first-order chi connectivity index (χ1) is 11.1. The van der Waals surface area contributed by atoms with Crippen LogP contribution in [0, 0.1) is 6.92 Å². The van der Waals surface area contributed by atoms with Crippen molar-refractivity contribution in [3.8, 4) is 0 Å². The van der Waals surface area contributed by atoms with Crippen molar-refractivity contribution in [3.05, 3.63) is 46.0 Å². The lowest BCUT2D eigenvalue weighted by atomic mass is 10.1. The topological polar surface area (TPSA) is 52.2 Å². The Bertz CT molecular complexity index is 926. The van der Waals surface area contributed by atoms with Crippen LogP contribution in [-0.4, -0.2) is 20.3 Å². The van der Waals surface area contributed by atoms with Gasteiger partial charge < -0.3 is 4.57 Å². The van der Waals surface area contributed by atoms with Crippen LogP contribution in [0.25, 0.3) is 10.2 Å². The third-order valence-corrected chi connectivity index (χ3v) is 5.05. The zero-order chi connectivity index (χ0) is 16.6. The number of amides is 1. The van der Waals surface area contributed by atoms with Crippen LogP contribution in [0.4, 0.5) is 0 Å². The number of hydrogen-bond acceptors (Lipinski definition) is 3. The van der Waals surface area contributed by atoms with E-state index in [1.165, 1.54) is 15.8 Å². The molecule has 1 aromatic carbocycles. The number of nitrogens with zero attached hydrogens (tertiary/aromatic N) is 4. The molecular formula is C17H20N4OS. The molecule has 2 aromatic heterocycles. The maximum atomic E-state index is 12.6. The van der Waals surface area contributed by atoms with Crippen LogP contribution in [0.1, 0.15) is 35.5 Å².